The van der Waals surface area contributed by atoms with Crippen molar-refractivity contribution in [2.45, 2.75) is 0 Å². The summed E-state index contributed by atoms with van der Waals surface area (Å²) in [5.74, 6) is 0.0801. The Kier molecular flexibility index (Phi) is 9.84. The number of carbonyl (C=O) groups is 3. The molecule has 0 radical (unpaired) electrons. The van der Waals surface area contributed by atoms with E-state index in [9.17, 15) is 14.4 Å². The Hall–Kier alpha value is -4.86. The zero-order chi connectivity index (χ0) is 25.6. The van der Waals surface area contributed by atoms with Gasteiger partial charge in [0.25, 0.3) is 17.7 Å². The number of para-hydroxylation sites is 2. The van der Waals surface area contributed by atoms with Crippen molar-refractivity contribution in [3.63, 3.8) is 0 Å². The number of hydrogen-bond acceptors (Lipinski definition) is 7. The number of nitrogens with zero attached hydrogens (tertiary/aromatic N) is 1. The van der Waals surface area contributed by atoms with Crippen LogP contribution in [0.25, 0.3) is 0 Å². The van der Waals surface area contributed by atoms with Crippen molar-refractivity contribution in [1.29, 1.82) is 0 Å². The van der Waals surface area contributed by atoms with Crippen LogP contribution in [0.2, 0.25) is 0 Å². The van der Waals surface area contributed by atoms with E-state index < -0.39 is 11.8 Å². The molecule has 10 nitrogen and oxygen atoms in total. The van der Waals surface area contributed by atoms with Gasteiger partial charge in [-0.1, -0.05) is 36.4 Å². The van der Waals surface area contributed by atoms with Crippen LogP contribution >= 0.6 is 0 Å². The Labute approximate surface area is 208 Å². The maximum atomic E-state index is 12.1. The SMILES string of the molecule is COc1cc(/C=N/NC(=O)CNC(=O)COc2ccccc2)ccc1OCC(=O)Nc1ccccc1. The Morgan fingerprint density at radius 3 is 2.22 bits per heavy atom. The largest absolute Gasteiger partial charge is 0.493 e. The lowest BCUT2D eigenvalue weighted by Gasteiger charge is -2.11. The minimum Gasteiger partial charge on any atom is -0.493 e. The van der Waals surface area contributed by atoms with Crippen molar-refractivity contribution in [3.8, 4) is 17.2 Å². The topological polar surface area (TPSA) is 127 Å². The lowest BCUT2D eigenvalue weighted by molar-refractivity contribution is -0.127. The minimum atomic E-state index is -0.504. The fraction of sp³-hybridized carbons (Fsp3) is 0.154. The van der Waals surface area contributed by atoms with Gasteiger partial charge in [-0.2, -0.15) is 5.10 Å². The maximum Gasteiger partial charge on any atom is 0.262 e. The first-order chi connectivity index (χ1) is 17.5. The number of amides is 3. The highest BCUT2D eigenvalue weighted by molar-refractivity contribution is 5.92. The van der Waals surface area contributed by atoms with E-state index in [1.165, 1.54) is 13.3 Å². The quantitative estimate of drug-likeness (QED) is 0.264. The third-order valence-electron chi connectivity index (χ3n) is 4.57. The molecule has 3 amide bonds. The summed E-state index contributed by atoms with van der Waals surface area (Å²) in [6.45, 7) is -0.658. The zero-order valence-electron chi connectivity index (χ0n) is 19.6. The highest BCUT2D eigenvalue weighted by atomic mass is 16.5. The first-order valence-electron chi connectivity index (χ1n) is 11.0. The number of ether oxygens (including phenoxy) is 3. The standard InChI is InChI=1S/C26H26N4O6/c1-34-23-14-19(12-13-22(23)36-18-26(33)29-20-8-4-2-5-9-20)15-28-30-24(31)16-27-25(32)17-35-21-10-6-3-7-11-21/h2-15H,16-18H2,1H3,(H,27,32)(H,29,33)(H,30,31)/b28-15+. The first kappa shape index (κ1) is 25.8. The molecule has 0 saturated heterocycles. The molecular formula is C26H26N4O6. The zero-order valence-corrected chi connectivity index (χ0v) is 19.6. The van der Waals surface area contributed by atoms with E-state index in [0.29, 0.717) is 28.5 Å². The smallest absolute Gasteiger partial charge is 0.262 e. The second kappa shape index (κ2) is 13.8. The van der Waals surface area contributed by atoms with Gasteiger partial charge in [0.2, 0.25) is 0 Å². The van der Waals surface area contributed by atoms with Crippen molar-refractivity contribution in [2.75, 3.05) is 32.2 Å². The van der Waals surface area contributed by atoms with Gasteiger partial charge in [-0.3, -0.25) is 14.4 Å². The molecule has 0 heterocycles. The number of hydrazone groups is 1. The number of methoxy groups -OCH3 is 1. The molecule has 10 heteroatoms. The van der Waals surface area contributed by atoms with E-state index in [0.717, 1.165) is 0 Å². The fourth-order valence-corrected chi connectivity index (χ4v) is 2.86. The van der Waals surface area contributed by atoms with E-state index in [1.807, 2.05) is 24.3 Å². The predicted molar refractivity (Wildman–Crippen MR) is 134 cm³/mol. The molecule has 0 atom stereocenters. The molecule has 3 rings (SSSR count). The third-order valence-corrected chi connectivity index (χ3v) is 4.57. The van der Waals surface area contributed by atoms with Gasteiger partial charge in [0.1, 0.15) is 5.75 Å². The molecule has 36 heavy (non-hydrogen) atoms. The van der Waals surface area contributed by atoms with E-state index >= 15 is 0 Å². The number of benzene rings is 3. The van der Waals surface area contributed by atoms with Crippen molar-refractivity contribution in [3.05, 3.63) is 84.4 Å². The van der Waals surface area contributed by atoms with Gasteiger partial charge >= 0.3 is 0 Å². The van der Waals surface area contributed by atoms with E-state index in [1.54, 1.807) is 54.6 Å². The average molecular weight is 491 g/mol. The number of carbonyl (C=O) groups excluding carboxylic acids is 3. The summed E-state index contributed by atoms with van der Waals surface area (Å²) in [6.07, 6.45) is 1.41. The van der Waals surface area contributed by atoms with Crippen molar-refractivity contribution in [2.24, 2.45) is 5.10 Å². The van der Waals surface area contributed by atoms with Crippen molar-refractivity contribution < 1.29 is 28.6 Å². The number of anilines is 1. The minimum absolute atomic E-state index is 0.198. The van der Waals surface area contributed by atoms with Crippen LogP contribution in [0.1, 0.15) is 5.56 Å². The number of nitrogens with one attached hydrogen (secondary N) is 3. The summed E-state index contributed by atoms with van der Waals surface area (Å²) >= 11 is 0. The summed E-state index contributed by atoms with van der Waals surface area (Å²) in [7, 11) is 1.47. The van der Waals surface area contributed by atoms with Crippen LogP contribution in [-0.4, -0.2) is 50.8 Å². The molecule has 3 aromatic rings. The Bertz CT molecular complexity index is 1190. The molecule has 0 aliphatic heterocycles. The maximum absolute atomic E-state index is 12.1. The van der Waals surface area contributed by atoms with Crippen molar-refractivity contribution in [1.82, 2.24) is 10.7 Å². The molecular weight excluding hydrogens is 464 g/mol. The molecule has 0 unspecified atom stereocenters. The monoisotopic (exact) mass is 490 g/mol. The van der Waals surface area contributed by atoms with Crippen molar-refractivity contribution >= 4 is 29.6 Å². The van der Waals surface area contributed by atoms with Gasteiger partial charge in [-0.05, 0) is 48.0 Å². The van der Waals surface area contributed by atoms with E-state index in [-0.39, 0.29) is 25.7 Å². The second-order valence-corrected chi connectivity index (χ2v) is 7.28. The molecule has 186 valence electrons. The van der Waals surface area contributed by atoms with Crippen LogP contribution in [0.15, 0.2) is 84.0 Å². The highest BCUT2D eigenvalue weighted by Crippen LogP contribution is 2.27. The van der Waals surface area contributed by atoms with Gasteiger partial charge < -0.3 is 24.8 Å². The van der Waals surface area contributed by atoms with Crippen LogP contribution in [-0.2, 0) is 14.4 Å². The summed E-state index contributed by atoms with van der Waals surface area (Å²) in [4.78, 5) is 35.8. The summed E-state index contributed by atoms with van der Waals surface area (Å²) < 4.78 is 16.2. The fourth-order valence-electron chi connectivity index (χ4n) is 2.86. The van der Waals surface area contributed by atoms with Crippen LogP contribution in [0.3, 0.4) is 0 Å². The van der Waals surface area contributed by atoms with Gasteiger partial charge in [0, 0.05) is 5.69 Å². The molecule has 0 bridgehead atoms. The van der Waals surface area contributed by atoms with Crippen LogP contribution in [0.4, 0.5) is 5.69 Å². The van der Waals surface area contributed by atoms with E-state index in [2.05, 4.69) is 21.2 Å². The summed E-state index contributed by atoms with van der Waals surface area (Å²) in [5, 5.41) is 9.05. The molecule has 0 spiro atoms. The van der Waals surface area contributed by atoms with Gasteiger partial charge in [-0.25, -0.2) is 5.43 Å². The van der Waals surface area contributed by atoms with Crippen LogP contribution in [0, 0.1) is 0 Å². The molecule has 0 aromatic heterocycles. The third kappa shape index (κ3) is 8.82. The second-order valence-electron chi connectivity index (χ2n) is 7.28. The van der Waals surface area contributed by atoms with E-state index in [4.69, 9.17) is 14.2 Å². The molecule has 3 aromatic carbocycles. The Balaban J connectivity index is 1.41. The highest BCUT2D eigenvalue weighted by Gasteiger charge is 2.09. The molecule has 0 fully saturated rings. The normalized spacial score (nSPS) is 10.4. The first-order valence-corrected chi connectivity index (χ1v) is 11.0. The molecule has 3 N–H and O–H groups in total. The van der Waals surface area contributed by atoms with Gasteiger partial charge in [-0.15, -0.1) is 0 Å². The summed E-state index contributed by atoms with van der Waals surface area (Å²) in [5.41, 5.74) is 3.62. The predicted octanol–water partition coefficient (Wildman–Crippen LogP) is 2.36. The number of hydrogen-bond donors (Lipinski definition) is 3. The summed E-state index contributed by atoms with van der Waals surface area (Å²) in [6, 6.07) is 22.9. The van der Waals surface area contributed by atoms with Gasteiger partial charge in [0.05, 0.1) is 19.9 Å². The lowest BCUT2D eigenvalue weighted by Crippen LogP contribution is -2.37. The number of rotatable bonds is 12. The average Bonchev–Trinajstić information content (AvgIpc) is 2.91. The lowest BCUT2D eigenvalue weighted by atomic mass is 10.2. The Morgan fingerprint density at radius 2 is 1.50 bits per heavy atom. The molecule has 0 saturated carbocycles. The Morgan fingerprint density at radius 1 is 0.806 bits per heavy atom. The van der Waals surface area contributed by atoms with Crippen LogP contribution < -0.4 is 30.3 Å². The molecule has 0 aliphatic carbocycles. The van der Waals surface area contributed by atoms with Gasteiger partial charge in [0.15, 0.2) is 24.7 Å². The van der Waals surface area contributed by atoms with Crippen LogP contribution in [0.5, 0.6) is 17.2 Å². The molecule has 0 aliphatic rings.